The predicted molar refractivity (Wildman–Crippen MR) is 83.0 cm³/mol. The molecule has 1 aromatic carbocycles. The summed E-state index contributed by atoms with van der Waals surface area (Å²) in [6.45, 7) is 0.898. The fourth-order valence-corrected chi connectivity index (χ4v) is 4.09. The Balaban J connectivity index is 1.92. The van der Waals surface area contributed by atoms with Crippen LogP contribution in [0.15, 0.2) is 30.3 Å². The van der Waals surface area contributed by atoms with Crippen molar-refractivity contribution in [3.63, 3.8) is 0 Å². The highest BCUT2D eigenvalue weighted by Gasteiger charge is 2.46. The van der Waals surface area contributed by atoms with E-state index in [1.165, 1.54) is 0 Å². The zero-order valence-corrected chi connectivity index (χ0v) is 12.6. The molecule has 3 nitrogen and oxygen atoms in total. The quantitative estimate of drug-likeness (QED) is 0.928. The van der Waals surface area contributed by atoms with Gasteiger partial charge in [0.2, 0.25) is 5.91 Å². The molecule has 1 saturated carbocycles. The molecule has 0 radical (unpaired) electrons. The van der Waals surface area contributed by atoms with Gasteiger partial charge in [0.05, 0.1) is 18.1 Å². The first kappa shape index (κ1) is 14.6. The maximum atomic E-state index is 13.3. The Kier molecular flexibility index (Phi) is 4.29. The van der Waals surface area contributed by atoms with Gasteiger partial charge in [-0.25, -0.2) is 0 Å². The minimum Gasteiger partial charge on any atom is -0.394 e. The van der Waals surface area contributed by atoms with E-state index in [0.29, 0.717) is 0 Å². The molecule has 1 unspecified atom stereocenters. The molecule has 21 heavy (non-hydrogen) atoms. The molecule has 1 N–H and O–H groups in total. The van der Waals surface area contributed by atoms with Crippen LogP contribution in [-0.2, 0) is 10.2 Å². The smallest absolute Gasteiger partial charge is 0.233 e. The van der Waals surface area contributed by atoms with E-state index in [1.54, 1.807) is 0 Å². The van der Waals surface area contributed by atoms with Gasteiger partial charge in [0, 0.05) is 6.54 Å². The van der Waals surface area contributed by atoms with Crippen LogP contribution in [0.25, 0.3) is 0 Å². The lowest BCUT2D eigenvalue weighted by atomic mass is 9.77. The second kappa shape index (κ2) is 6.18. The summed E-state index contributed by atoms with van der Waals surface area (Å²) >= 11 is 0. The second-order valence-corrected chi connectivity index (χ2v) is 6.49. The van der Waals surface area contributed by atoms with Crippen molar-refractivity contribution in [3.8, 4) is 0 Å². The van der Waals surface area contributed by atoms with E-state index in [1.807, 2.05) is 23.1 Å². The zero-order chi connectivity index (χ0) is 14.7. The van der Waals surface area contributed by atoms with Crippen molar-refractivity contribution < 1.29 is 9.90 Å². The Labute approximate surface area is 127 Å². The van der Waals surface area contributed by atoms with Gasteiger partial charge >= 0.3 is 0 Å². The largest absolute Gasteiger partial charge is 0.394 e. The van der Waals surface area contributed by atoms with Crippen LogP contribution in [0.4, 0.5) is 0 Å². The van der Waals surface area contributed by atoms with Crippen molar-refractivity contribution in [1.29, 1.82) is 0 Å². The van der Waals surface area contributed by atoms with Crippen LogP contribution in [0, 0.1) is 0 Å². The summed E-state index contributed by atoms with van der Waals surface area (Å²) in [5.74, 6) is 0.255. The van der Waals surface area contributed by atoms with Crippen LogP contribution in [-0.4, -0.2) is 35.1 Å². The summed E-state index contributed by atoms with van der Waals surface area (Å²) in [6.07, 6.45) is 7.26. The average Bonchev–Trinajstić information content (AvgIpc) is 3.06. The lowest BCUT2D eigenvalue weighted by Crippen LogP contribution is -2.53. The fourth-order valence-electron chi connectivity index (χ4n) is 4.09. The number of carbonyl (C=O) groups is 1. The minimum absolute atomic E-state index is 0.0208. The highest BCUT2D eigenvalue weighted by Crippen LogP contribution is 2.43. The van der Waals surface area contributed by atoms with Crippen LogP contribution < -0.4 is 0 Å². The molecular weight excluding hydrogens is 262 g/mol. The highest BCUT2D eigenvalue weighted by molar-refractivity contribution is 5.89. The highest BCUT2D eigenvalue weighted by atomic mass is 16.3. The normalized spacial score (nSPS) is 25.0. The van der Waals surface area contributed by atoms with E-state index in [9.17, 15) is 9.90 Å². The number of nitrogens with zero attached hydrogens (tertiary/aromatic N) is 1. The van der Waals surface area contributed by atoms with Gasteiger partial charge in [0.1, 0.15) is 0 Å². The first-order valence-electron chi connectivity index (χ1n) is 8.25. The monoisotopic (exact) mass is 287 g/mol. The lowest BCUT2D eigenvalue weighted by molar-refractivity contribution is -0.142. The van der Waals surface area contributed by atoms with Crippen LogP contribution in [0.5, 0.6) is 0 Å². The first-order valence-corrected chi connectivity index (χ1v) is 8.25. The molecule has 0 bridgehead atoms. The summed E-state index contributed by atoms with van der Waals surface area (Å²) in [5, 5.41) is 9.61. The molecule has 1 heterocycles. The Bertz CT molecular complexity index is 479. The number of hydrogen-bond donors (Lipinski definition) is 1. The number of aliphatic hydroxyl groups is 1. The Morgan fingerprint density at radius 3 is 2.52 bits per heavy atom. The SMILES string of the molecule is O=C(N1CCCCC1CO)C1(c2ccccc2)CCCC1. The third kappa shape index (κ3) is 2.59. The Hall–Kier alpha value is -1.35. The number of likely N-dealkylation sites (tertiary alicyclic amines) is 1. The van der Waals surface area contributed by atoms with E-state index in [0.717, 1.165) is 57.1 Å². The van der Waals surface area contributed by atoms with Gasteiger partial charge in [0.25, 0.3) is 0 Å². The molecule has 1 aromatic rings. The zero-order valence-electron chi connectivity index (χ0n) is 12.6. The number of piperidine rings is 1. The van der Waals surface area contributed by atoms with Gasteiger partial charge in [-0.05, 0) is 37.7 Å². The van der Waals surface area contributed by atoms with E-state index in [-0.39, 0.29) is 24.0 Å². The van der Waals surface area contributed by atoms with E-state index in [2.05, 4.69) is 12.1 Å². The van der Waals surface area contributed by atoms with Crippen LogP contribution in [0.3, 0.4) is 0 Å². The van der Waals surface area contributed by atoms with Gasteiger partial charge in [-0.2, -0.15) is 0 Å². The number of benzene rings is 1. The summed E-state index contributed by atoms with van der Waals surface area (Å²) in [6, 6.07) is 10.3. The molecule has 0 spiro atoms. The Morgan fingerprint density at radius 1 is 1.14 bits per heavy atom. The molecule has 0 aromatic heterocycles. The third-order valence-corrected chi connectivity index (χ3v) is 5.29. The second-order valence-electron chi connectivity index (χ2n) is 6.49. The number of carbonyl (C=O) groups excluding carboxylic acids is 1. The summed E-state index contributed by atoms with van der Waals surface area (Å²) in [5.41, 5.74) is 0.821. The molecule has 114 valence electrons. The lowest BCUT2D eigenvalue weighted by Gasteiger charge is -2.41. The standard InChI is InChI=1S/C18H25NO2/c20-14-16-10-4-7-13-19(16)17(21)18(11-5-6-12-18)15-8-2-1-3-9-15/h1-3,8-9,16,20H,4-7,10-14H2. The van der Waals surface area contributed by atoms with Crippen LogP contribution in [0.1, 0.15) is 50.5 Å². The molecule has 2 aliphatic rings. The molecule has 2 fully saturated rings. The molecule has 1 saturated heterocycles. The molecule has 1 amide bonds. The van der Waals surface area contributed by atoms with Gasteiger partial charge < -0.3 is 10.0 Å². The summed E-state index contributed by atoms with van der Waals surface area (Å²) < 4.78 is 0. The molecule has 1 atom stereocenters. The van der Waals surface area contributed by atoms with Gasteiger partial charge in [-0.3, -0.25) is 4.79 Å². The van der Waals surface area contributed by atoms with Crippen LogP contribution >= 0.6 is 0 Å². The summed E-state index contributed by atoms with van der Waals surface area (Å²) in [7, 11) is 0. The van der Waals surface area contributed by atoms with Crippen molar-refractivity contribution in [3.05, 3.63) is 35.9 Å². The average molecular weight is 287 g/mol. The van der Waals surface area contributed by atoms with Crippen molar-refractivity contribution in [2.45, 2.75) is 56.4 Å². The van der Waals surface area contributed by atoms with E-state index >= 15 is 0 Å². The van der Waals surface area contributed by atoms with Gasteiger partial charge in [0.15, 0.2) is 0 Å². The van der Waals surface area contributed by atoms with Crippen molar-refractivity contribution in [2.24, 2.45) is 0 Å². The van der Waals surface area contributed by atoms with Crippen molar-refractivity contribution in [2.75, 3.05) is 13.2 Å². The van der Waals surface area contributed by atoms with Gasteiger partial charge in [-0.15, -0.1) is 0 Å². The minimum atomic E-state index is -0.341. The van der Waals surface area contributed by atoms with Crippen LogP contribution in [0.2, 0.25) is 0 Å². The van der Waals surface area contributed by atoms with Gasteiger partial charge in [-0.1, -0.05) is 43.2 Å². The predicted octanol–water partition coefficient (Wildman–Crippen LogP) is 2.87. The maximum Gasteiger partial charge on any atom is 0.233 e. The first-order chi connectivity index (χ1) is 10.3. The van der Waals surface area contributed by atoms with E-state index < -0.39 is 0 Å². The Morgan fingerprint density at radius 2 is 1.86 bits per heavy atom. The number of aliphatic hydroxyl groups excluding tert-OH is 1. The molecule has 3 rings (SSSR count). The number of hydrogen-bond acceptors (Lipinski definition) is 2. The fraction of sp³-hybridized carbons (Fsp3) is 0.611. The number of amides is 1. The van der Waals surface area contributed by atoms with Crippen molar-refractivity contribution >= 4 is 5.91 Å². The molecular formula is C18H25NO2. The number of rotatable bonds is 3. The maximum absolute atomic E-state index is 13.3. The molecule has 1 aliphatic heterocycles. The third-order valence-electron chi connectivity index (χ3n) is 5.29. The topological polar surface area (TPSA) is 40.5 Å². The van der Waals surface area contributed by atoms with E-state index in [4.69, 9.17) is 0 Å². The molecule has 1 aliphatic carbocycles. The summed E-state index contributed by atoms with van der Waals surface area (Å²) in [4.78, 5) is 15.3. The molecule has 3 heteroatoms. The van der Waals surface area contributed by atoms with Crippen molar-refractivity contribution in [1.82, 2.24) is 4.90 Å².